The van der Waals surface area contributed by atoms with Gasteiger partial charge in [-0.15, -0.1) is 0 Å². The fourth-order valence-electron chi connectivity index (χ4n) is 7.58. The lowest BCUT2D eigenvalue weighted by Crippen LogP contribution is -2.53. The first-order valence-corrected chi connectivity index (χ1v) is 14.6. The first-order chi connectivity index (χ1) is 18.7. The SMILES string of the molecule is C[C@H]1CCCN(Cc2cc(C(F)(F)F)c3cn(C4CNCC([C@H](C5CCC5)C5NNCN5C)C4)c(=O)n3c2)C1. The van der Waals surface area contributed by atoms with Crippen molar-refractivity contribution in [1.29, 1.82) is 0 Å². The van der Waals surface area contributed by atoms with Crippen LogP contribution in [-0.4, -0.2) is 64.8 Å². The van der Waals surface area contributed by atoms with E-state index in [9.17, 15) is 18.0 Å². The van der Waals surface area contributed by atoms with Crippen molar-refractivity contribution in [3.63, 3.8) is 0 Å². The van der Waals surface area contributed by atoms with Gasteiger partial charge in [0.2, 0.25) is 0 Å². The number of hydrogen-bond donors (Lipinski definition) is 3. The number of piperidine rings is 2. The number of halogens is 3. The van der Waals surface area contributed by atoms with Crippen molar-refractivity contribution in [2.45, 2.75) is 70.4 Å². The molecule has 6 rings (SSSR count). The van der Waals surface area contributed by atoms with E-state index in [-0.39, 0.29) is 23.4 Å². The van der Waals surface area contributed by atoms with Gasteiger partial charge in [-0.1, -0.05) is 26.2 Å². The lowest BCUT2D eigenvalue weighted by molar-refractivity contribution is -0.136. The fourth-order valence-corrected chi connectivity index (χ4v) is 7.58. The summed E-state index contributed by atoms with van der Waals surface area (Å²) in [4.78, 5) is 18.2. The average molecular weight is 550 g/mol. The van der Waals surface area contributed by atoms with E-state index in [1.165, 1.54) is 35.9 Å². The molecule has 216 valence electrons. The lowest BCUT2D eigenvalue weighted by Gasteiger charge is -2.46. The Balaban J connectivity index is 1.31. The molecule has 4 aliphatic rings. The number of fused-ring (bicyclic) bond motifs is 1. The van der Waals surface area contributed by atoms with Crippen molar-refractivity contribution < 1.29 is 13.2 Å². The number of nitrogens with one attached hydrogen (secondary N) is 3. The van der Waals surface area contributed by atoms with E-state index in [4.69, 9.17) is 0 Å². The molecular formula is C28H42F3N7O. The van der Waals surface area contributed by atoms with Crippen LogP contribution in [-0.2, 0) is 12.7 Å². The third kappa shape index (κ3) is 5.40. The number of aromatic nitrogens is 2. The second-order valence-electron chi connectivity index (χ2n) is 12.6. The zero-order chi connectivity index (χ0) is 27.3. The summed E-state index contributed by atoms with van der Waals surface area (Å²) in [5, 5.41) is 3.53. The minimum Gasteiger partial charge on any atom is -0.314 e. The second-order valence-corrected chi connectivity index (χ2v) is 12.6. The topological polar surface area (TPSA) is 69.0 Å². The Bertz CT molecular complexity index is 1220. The Morgan fingerprint density at radius 3 is 2.59 bits per heavy atom. The van der Waals surface area contributed by atoms with Crippen LogP contribution in [0.25, 0.3) is 5.52 Å². The zero-order valence-corrected chi connectivity index (χ0v) is 23.0. The molecule has 1 saturated carbocycles. The van der Waals surface area contributed by atoms with Crippen LogP contribution in [0.15, 0.2) is 23.3 Å². The zero-order valence-electron chi connectivity index (χ0n) is 23.0. The summed E-state index contributed by atoms with van der Waals surface area (Å²) in [6.07, 6.45) is 5.39. The molecule has 11 heteroatoms. The Kier molecular flexibility index (Phi) is 7.56. The van der Waals surface area contributed by atoms with E-state index in [0.29, 0.717) is 42.3 Å². The molecule has 39 heavy (non-hydrogen) atoms. The van der Waals surface area contributed by atoms with Crippen LogP contribution >= 0.6 is 0 Å². The van der Waals surface area contributed by atoms with Gasteiger partial charge >= 0.3 is 11.9 Å². The van der Waals surface area contributed by atoms with Crippen LogP contribution in [0.5, 0.6) is 0 Å². The molecule has 3 unspecified atom stereocenters. The van der Waals surface area contributed by atoms with Crippen LogP contribution in [0, 0.1) is 23.7 Å². The van der Waals surface area contributed by atoms with Crippen LogP contribution in [0.1, 0.15) is 62.6 Å². The summed E-state index contributed by atoms with van der Waals surface area (Å²) in [5.74, 6) is 1.88. The molecule has 0 bridgehead atoms. The van der Waals surface area contributed by atoms with E-state index >= 15 is 0 Å². The predicted octanol–water partition coefficient (Wildman–Crippen LogP) is 3.24. The number of likely N-dealkylation sites (tertiary alicyclic amines) is 1. The van der Waals surface area contributed by atoms with Gasteiger partial charge < -0.3 is 5.32 Å². The smallest absolute Gasteiger partial charge is 0.314 e. The van der Waals surface area contributed by atoms with Crippen molar-refractivity contribution in [2.24, 2.45) is 23.7 Å². The Morgan fingerprint density at radius 1 is 1.10 bits per heavy atom. The van der Waals surface area contributed by atoms with Gasteiger partial charge in [-0.2, -0.15) is 13.2 Å². The highest BCUT2D eigenvalue weighted by Crippen LogP contribution is 2.43. The van der Waals surface area contributed by atoms with Crippen LogP contribution in [0.3, 0.4) is 0 Å². The first-order valence-electron chi connectivity index (χ1n) is 14.6. The van der Waals surface area contributed by atoms with Gasteiger partial charge in [0.05, 0.1) is 30.0 Å². The van der Waals surface area contributed by atoms with Gasteiger partial charge in [-0.25, -0.2) is 15.6 Å². The Morgan fingerprint density at radius 2 is 1.92 bits per heavy atom. The maximum absolute atomic E-state index is 14.3. The third-order valence-corrected chi connectivity index (χ3v) is 9.71. The normalized spacial score (nSPS) is 30.6. The molecule has 2 aromatic heterocycles. The van der Waals surface area contributed by atoms with E-state index in [0.717, 1.165) is 45.6 Å². The molecule has 3 saturated heterocycles. The van der Waals surface area contributed by atoms with Crippen LogP contribution in [0.2, 0.25) is 0 Å². The highest BCUT2D eigenvalue weighted by molar-refractivity contribution is 5.56. The largest absolute Gasteiger partial charge is 0.418 e. The summed E-state index contributed by atoms with van der Waals surface area (Å²) in [6, 6.07) is 1.06. The van der Waals surface area contributed by atoms with Crippen LogP contribution < -0.4 is 21.9 Å². The number of alkyl halides is 3. The molecule has 0 aromatic carbocycles. The number of pyridine rings is 1. The second kappa shape index (κ2) is 10.8. The summed E-state index contributed by atoms with van der Waals surface area (Å²) in [5.41, 5.74) is 6.09. The standard InChI is InChI=1S/C28H42F3N7O/c1-18-5-4-8-36(13-18)14-19-9-23(28(29,30)31)24-16-37(27(39)38(24)15-19)22-10-21(11-32-12-22)25(20-6-3-7-20)26-34-33-17-35(26)2/h9,15-16,18,20-22,25-26,32-34H,3-8,10-14,17H2,1-2H3/t18-,21?,22?,25-,26?/m0/s1. The molecule has 0 spiro atoms. The number of nitrogens with zero attached hydrogens (tertiary/aromatic N) is 4. The van der Waals surface area contributed by atoms with E-state index < -0.39 is 11.7 Å². The van der Waals surface area contributed by atoms with Gasteiger partial charge in [0.25, 0.3) is 0 Å². The van der Waals surface area contributed by atoms with Gasteiger partial charge in [-0.05, 0) is 74.7 Å². The number of imidazole rings is 1. The minimum atomic E-state index is -4.54. The number of hydrogen-bond acceptors (Lipinski definition) is 6. The number of hydrazine groups is 1. The Labute approximate surface area is 227 Å². The molecule has 3 aliphatic heterocycles. The lowest BCUT2D eigenvalue weighted by atomic mass is 9.67. The summed E-state index contributed by atoms with van der Waals surface area (Å²) < 4.78 is 45.6. The highest BCUT2D eigenvalue weighted by Gasteiger charge is 2.44. The van der Waals surface area contributed by atoms with Crippen molar-refractivity contribution >= 4 is 5.52 Å². The monoisotopic (exact) mass is 549 g/mol. The Hall–Kier alpha value is -1.92. The first kappa shape index (κ1) is 27.3. The molecule has 0 amide bonds. The van der Waals surface area contributed by atoms with Gasteiger partial charge in [0, 0.05) is 32.0 Å². The molecule has 2 aromatic rings. The molecule has 0 radical (unpaired) electrons. The van der Waals surface area contributed by atoms with Crippen molar-refractivity contribution in [2.75, 3.05) is 39.9 Å². The van der Waals surface area contributed by atoms with E-state index in [1.54, 1.807) is 10.8 Å². The van der Waals surface area contributed by atoms with E-state index in [2.05, 4.69) is 39.9 Å². The number of rotatable bonds is 6. The molecule has 5 heterocycles. The molecule has 8 nitrogen and oxygen atoms in total. The molecule has 3 N–H and O–H groups in total. The minimum absolute atomic E-state index is 0.0534. The van der Waals surface area contributed by atoms with Gasteiger partial charge in [-0.3, -0.25) is 18.8 Å². The molecular weight excluding hydrogens is 507 g/mol. The quantitative estimate of drug-likeness (QED) is 0.514. The fraction of sp³-hybridized carbons (Fsp3) is 0.750. The maximum atomic E-state index is 14.3. The van der Waals surface area contributed by atoms with E-state index in [1.807, 2.05) is 0 Å². The maximum Gasteiger partial charge on any atom is 0.418 e. The predicted molar refractivity (Wildman–Crippen MR) is 144 cm³/mol. The molecule has 5 atom stereocenters. The summed E-state index contributed by atoms with van der Waals surface area (Å²) in [7, 11) is 2.11. The van der Waals surface area contributed by atoms with Gasteiger partial charge in [0.1, 0.15) is 0 Å². The van der Waals surface area contributed by atoms with Crippen LogP contribution in [0.4, 0.5) is 13.2 Å². The third-order valence-electron chi connectivity index (χ3n) is 9.71. The molecule has 4 fully saturated rings. The van der Waals surface area contributed by atoms with Crippen molar-refractivity contribution in [3.8, 4) is 0 Å². The van der Waals surface area contributed by atoms with Crippen molar-refractivity contribution in [1.82, 2.24) is 34.9 Å². The summed E-state index contributed by atoms with van der Waals surface area (Å²) in [6.45, 7) is 6.56. The van der Waals surface area contributed by atoms with Gasteiger partial charge in [0.15, 0.2) is 0 Å². The molecule has 1 aliphatic carbocycles. The highest BCUT2D eigenvalue weighted by atomic mass is 19.4. The summed E-state index contributed by atoms with van der Waals surface area (Å²) >= 11 is 0. The van der Waals surface area contributed by atoms with Crippen molar-refractivity contribution in [3.05, 3.63) is 40.1 Å². The average Bonchev–Trinajstić information content (AvgIpc) is 3.43.